The molecule has 1 atom stereocenters. The second-order valence-corrected chi connectivity index (χ2v) is 9.67. The van der Waals surface area contributed by atoms with Crippen LogP contribution >= 0.6 is 11.6 Å². The minimum Gasteiger partial charge on any atom is -0.451 e. The van der Waals surface area contributed by atoms with Crippen molar-refractivity contribution in [2.24, 2.45) is 4.99 Å². The van der Waals surface area contributed by atoms with Gasteiger partial charge in [-0.2, -0.15) is 0 Å². The van der Waals surface area contributed by atoms with Crippen LogP contribution < -0.4 is 15.1 Å². The van der Waals surface area contributed by atoms with E-state index in [1.54, 1.807) is 0 Å². The molecule has 3 aliphatic rings. The molecule has 1 unspecified atom stereocenters. The number of halogens is 1. The molecule has 3 aliphatic heterocycles. The van der Waals surface area contributed by atoms with Gasteiger partial charge in [0.2, 0.25) is 0 Å². The van der Waals surface area contributed by atoms with E-state index in [4.69, 9.17) is 16.0 Å². The first-order valence-electron chi connectivity index (χ1n) is 12.1. The molecule has 1 aromatic heterocycles. The maximum atomic E-state index is 13.9. The Hall–Kier alpha value is -3.35. The summed E-state index contributed by atoms with van der Waals surface area (Å²) in [5, 5.41) is 4.08. The molecule has 6 nitrogen and oxygen atoms in total. The Morgan fingerprint density at radius 1 is 1.06 bits per heavy atom. The zero-order chi connectivity index (χ0) is 23.8. The molecule has 6 rings (SSSR count). The lowest BCUT2D eigenvalue weighted by Gasteiger charge is -2.31. The van der Waals surface area contributed by atoms with E-state index in [0.717, 1.165) is 55.0 Å². The van der Waals surface area contributed by atoms with Crippen molar-refractivity contribution in [3.63, 3.8) is 0 Å². The number of nitrogens with zero attached hydrogens (tertiary/aromatic N) is 3. The summed E-state index contributed by atoms with van der Waals surface area (Å²) in [4.78, 5) is 22.7. The lowest BCUT2D eigenvalue weighted by Crippen LogP contribution is -2.43. The summed E-state index contributed by atoms with van der Waals surface area (Å²) in [6.45, 7) is 4.41. The number of hydrogen-bond donors (Lipinski definition) is 1. The van der Waals surface area contributed by atoms with Crippen LogP contribution in [0.3, 0.4) is 0 Å². The number of carbonyl (C=O) groups is 1. The summed E-state index contributed by atoms with van der Waals surface area (Å²) in [7, 11) is 0. The van der Waals surface area contributed by atoms with Gasteiger partial charge in [0.25, 0.3) is 5.91 Å². The number of allylic oxidation sites excluding steroid dienone is 1. The van der Waals surface area contributed by atoms with E-state index in [0.29, 0.717) is 29.5 Å². The highest BCUT2D eigenvalue weighted by Gasteiger charge is 2.32. The molecule has 0 bridgehead atoms. The Kier molecular flexibility index (Phi) is 5.92. The van der Waals surface area contributed by atoms with Crippen molar-refractivity contribution in [1.29, 1.82) is 0 Å². The molecule has 1 saturated heterocycles. The lowest BCUT2D eigenvalue weighted by atomic mass is 10.0. The quantitative estimate of drug-likeness (QED) is 0.566. The highest BCUT2D eigenvalue weighted by atomic mass is 35.5. The van der Waals surface area contributed by atoms with Gasteiger partial charge in [0.1, 0.15) is 5.76 Å². The van der Waals surface area contributed by atoms with E-state index in [2.05, 4.69) is 39.5 Å². The monoisotopic (exact) mass is 486 g/mol. The number of amides is 1. The number of piperazine rings is 1. The zero-order valence-corrected chi connectivity index (χ0v) is 20.2. The number of nitrogens with one attached hydrogen (secondary N) is 1. The highest BCUT2D eigenvalue weighted by molar-refractivity contribution is 6.30. The molecule has 4 heterocycles. The number of anilines is 2. The maximum absolute atomic E-state index is 13.9. The second-order valence-electron chi connectivity index (χ2n) is 9.23. The number of hydrogen-bond acceptors (Lipinski definition) is 5. The Morgan fingerprint density at radius 2 is 1.89 bits per heavy atom. The molecule has 1 fully saturated rings. The van der Waals surface area contributed by atoms with Crippen molar-refractivity contribution in [2.75, 3.05) is 42.5 Å². The molecule has 0 spiro atoms. The molecule has 1 amide bonds. The first kappa shape index (κ1) is 22.1. The van der Waals surface area contributed by atoms with Gasteiger partial charge in [0, 0.05) is 72.9 Å². The first-order valence-corrected chi connectivity index (χ1v) is 12.5. The van der Waals surface area contributed by atoms with Crippen molar-refractivity contribution >= 4 is 35.1 Å². The van der Waals surface area contributed by atoms with Crippen molar-refractivity contribution in [3.8, 4) is 11.3 Å². The number of dihydropyridines is 1. The number of benzene rings is 2. The molecule has 2 aromatic carbocycles. The zero-order valence-electron chi connectivity index (χ0n) is 19.4. The SMILES string of the molecule is O=C1c2oc(-c3ccc(Cl)cc3)cc2Cc2cc(N3CCNCC3)ccc2N1CC1CC=CC=N1. The molecule has 3 aromatic rings. The fourth-order valence-electron chi connectivity index (χ4n) is 5.07. The predicted octanol–water partition coefficient (Wildman–Crippen LogP) is 4.96. The summed E-state index contributed by atoms with van der Waals surface area (Å²) in [5.41, 5.74) is 5.08. The third-order valence-corrected chi connectivity index (χ3v) is 7.17. The highest BCUT2D eigenvalue weighted by Crippen LogP contribution is 2.37. The van der Waals surface area contributed by atoms with Crippen molar-refractivity contribution in [2.45, 2.75) is 18.9 Å². The molecular formula is C28H27ClN4O2. The van der Waals surface area contributed by atoms with Crippen LogP contribution in [0.4, 0.5) is 11.4 Å². The lowest BCUT2D eigenvalue weighted by molar-refractivity contribution is 0.0959. The van der Waals surface area contributed by atoms with E-state index >= 15 is 0 Å². The predicted molar refractivity (Wildman–Crippen MR) is 141 cm³/mol. The average Bonchev–Trinajstić information content (AvgIpc) is 3.28. The molecular weight excluding hydrogens is 460 g/mol. The molecule has 1 N–H and O–H groups in total. The molecule has 35 heavy (non-hydrogen) atoms. The minimum absolute atomic E-state index is 0.0249. The van der Waals surface area contributed by atoms with E-state index in [1.165, 1.54) is 5.69 Å². The van der Waals surface area contributed by atoms with Gasteiger partial charge in [0.15, 0.2) is 5.76 Å². The Balaban J connectivity index is 1.41. The van der Waals surface area contributed by atoms with E-state index in [1.807, 2.05) is 47.5 Å². The fraction of sp³-hybridized carbons (Fsp3) is 0.286. The van der Waals surface area contributed by atoms with Gasteiger partial charge in [0.05, 0.1) is 6.04 Å². The second kappa shape index (κ2) is 9.36. The number of furan rings is 1. The summed E-state index contributed by atoms with van der Waals surface area (Å²) >= 11 is 6.08. The first-order chi connectivity index (χ1) is 17.2. The van der Waals surface area contributed by atoms with Crippen LogP contribution in [-0.4, -0.2) is 50.9 Å². The van der Waals surface area contributed by atoms with E-state index in [-0.39, 0.29) is 11.9 Å². The smallest absolute Gasteiger partial charge is 0.294 e. The van der Waals surface area contributed by atoms with Gasteiger partial charge in [-0.1, -0.05) is 17.7 Å². The third-order valence-electron chi connectivity index (χ3n) is 6.91. The Morgan fingerprint density at radius 3 is 2.66 bits per heavy atom. The van der Waals surface area contributed by atoms with Crippen LogP contribution in [0, 0.1) is 0 Å². The van der Waals surface area contributed by atoms with Crippen LogP contribution in [0.5, 0.6) is 0 Å². The fourth-order valence-corrected chi connectivity index (χ4v) is 5.20. The van der Waals surface area contributed by atoms with Gasteiger partial charge in [-0.3, -0.25) is 9.79 Å². The minimum atomic E-state index is -0.112. The van der Waals surface area contributed by atoms with Crippen LogP contribution in [0.15, 0.2) is 70.1 Å². The normalized spacial score (nSPS) is 19.5. The van der Waals surface area contributed by atoms with Crippen molar-refractivity contribution in [3.05, 3.63) is 82.6 Å². The Labute approximate surface area is 209 Å². The number of rotatable bonds is 4. The van der Waals surface area contributed by atoms with Gasteiger partial charge >= 0.3 is 0 Å². The summed E-state index contributed by atoms with van der Waals surface area (Å²) in [6.07, 6.45) is 7.33. The summed E-state index contributed by atoms with van der Waals surface area (Å²) in [5.74, 6) is 0.976. The van der Waals surface area contributed by atoms with Crippen LogP contribution in [-0.2, 0) is 6.42 Å². The van der Waals surface area contributed by atoms with Gasteiger partial charge in [-0.15, -0.1) is 0 Å². The largest absolute Gasteiger partial charge is 0.451 e. The maximum Gasteiger partial charge on any atom is 0.294 e. The molecule has 178 valence electrons. The van der Waals surface area contributed by atoms with Gasteiger partial charge in [-0.25, -0.2) is 0 Å². The third kappa shape index (κ3) is 4.40. The number of fused-ring (bicyclic) bond motifs is 2. The summed E-state index contributed by atoms with van der Waals surface area (Å²) in [6, 6.07) is 16.0. The number of aliphatic imine (C=N–C) groups is 1. The van der Waals surface area contributed by atoms with Gasteiger partial charge in [-0.05, 0) is 66.6 Å². The molecule has 7 heteroatoms. The number of carbonyl (C=O) groups excluding carboxylic acids is 1. The van der Waals surface area contributed by atoms with Crippen LogP contribution in [0.25, 0.3) is 11.3 Å². The van der Waals surface area contributed by atoms with E-state index in [9.17, 15) is 4.79 Å². The average molecular weight is 487 g/mol. The standard InChI is InChI=1S/C28H27ClN4O2/c29-22-6-4-19(5-7-22)26-17-21-15-20-16-24(32-13-11-30-12-14-32)8-9-25(20)33(28(34)27(21)35-26)18-23-3-1-2-10-31-23/h1-2,4-10,16-17,23,30H,3,11-15,18H2. The molecule has 0 aliphatic carbocycles. The van der Waals surface area contributed by atoms with Crippen molar-refractivity contribution in [1.82, 2.24) is 5.32 Å². The van der Waals surface area contributed by atoms with E-state index < -0.39 is 0 Å². The molecule has 0 saturated carbocycles. The molecule has 0 radical (unpaired) electrons. The van der Waals surface area contributed by atoms with Crippen LogP contribution in [0.2, 0.25) is 5.02 Å². The topological polar surface area (TPSA) is 61.1 Å². The van der Waals surface area contributed by atoms with Gasteiger partial charge < -0.3 is 19.5 Å². The van der Waals surface area contributed by atoms with Crippen molar-refractivity contribution < 1.29 is 9.21 Å². The summed E-state index contributed by atoms with van der Waals surface area (Å²) < 4.78 is 6.22. The Bertz CT molecular complexity index is 1300. The van der Waals surface area contributed by atoms with Crippen LogP contribution in [0.1, 0.15) is 28.1 Å².